The van der Waals surface area contributed by atoms with Crippen molar-refractivity contribution < 1.29 is 0 Å². The Kier molecular flexibility index (Phi) is 4.39. The van der Waals surface area contributed by atoms with Gasteiger partial charge >= 0.3 is 0 Å². The highest BCUT2D eigenvalue weighted by atomic mass is 15.2. The van der Waals surface area contributed by atoms with Gasteiger partial charge in [0.25, 0.3) is 0 Å². The molecule has 84 valence electrons. The molecule has 2 heteroatoms. The summed E-state index contributed by atoms with van der Waals surface area (Å²) in [4.78, 5) is 2.58. The molecule has 14 heavy (non-hydrogen) atoms. The molecule has 0 aromatic carbocycles. The molecule has 0 aromatic rings. The number of rotatable bonds is 6. The van der Waals surface area contributed by atoms with Crippen molar-refractivity contribution in [2.75, 3.05) is 19.6 Å². The SMILES string of the molecule is CCCC(CN)N1CC(CC)(CC)C1. The Labute approximate surface area is 88.8 Å². The van der Waals surface area contributed by atoms with E-state index in [-0.39, 0.29) is 0 Å². The van der Waals surface area contributed by atoms with Gasteiger partial charge in [0.15, 0.2) is 0 Å². The van der Waals surface area contributed by atoms with Gasteiger partial charge in [0, 0.05) is 25.7 Å². The van der Waals surface area contributed by atoms with E-state index >= 15 is 0 Å². The third-order valence-electron chi connectivity index (χ3n) is 3.99. The normalized spacial score (nSPS) is 23.1. The van der Waals surface area contributed by atoms with Crippen molar-refractivity contribution in [3.63, 3.8) is 0 Å². The monoisotopic (exact) mass is 198 g/mol. The minimum Gasteiger partial charge on any atom is -0.329 e. The van der Waals surface area contributed by atoms with E-state index in [0.717, 1.165) is 6.54 Å². The molecule has 1 rings (SSSR count). The fraction of sp³-hybridized carbons (Fsp3) is 1.00. The van der Waals surface area contributed by atoms with Crippen molar-refractivity contribution in [2.45, 2.75) is 52.5 Å². The van der Waals surface area contributed by atoms with Gasteiger partial charge in [0.1, 0.15) is 0 Å². The van der Waals surface area contributed by atoms with E-state index in [1.807, 2.05) is 0 Å². The van der Waals surface area contributed by atoms with Crippen LogP contribution in [0.3, 0.4) is 0 Å². The second kappa shape index (κ2) is 5.13. The Morgan fingerprint density at radius 1 is 1.21 bits per heavy atom. The van der Waals surface area contributed by atoms with Crippen LogP contribution in [-0.4, -0.2) is 30.6 Å². The fourth-order valence-corrected chi connectivity index (χ4v) is 2.55. The lowest BCUT2D eigenvalue weighted by Crippen LogP contribution is -2.60. The molecule has 0 spiro atoms. The zero-order chi connectivity index (χ0) is 10.6. The van der Waals surface area contributed by atoms with Crippen molar-refractivity contribution in [1.29, 1.82) is 0 Å². The zero-order valence-electron chi connectivity index (χ0n) is 10.1. The Balaban J connectivity index is 2.37. The van der Waals surface area contributed by atoms with Gasteiger partial charge in [-0.05, 0) is 24.7 Å². The number of hydrogen-bond donors (Lipinski definition) is 1. The largest absolute Gasteiger partial charge is 0.329 e. The summed E-state index contributed by atoms with van der Waals surface area (Å²) in [6, 6.07) is 0.645. The predicted molar refractivity (Wildman–Crippen MR) is 62.3 cm³/mol. The lowest BCUT2D eigenvalue weighted by atomic mass is 9.74. The maximum atomic E-state index is 5.80. The summed E-state index contributed by atoms with van der Waals surface area (Å²) in [5.41, 5.74) is 6.43. The molecule has 1 unspecified atom stereocenters. The molecule has 2 nitrogen and oxygen atoms in total. The highest BCUT2D eigenvalue weighted by molar-refractivity contribution is 4.95. The third kappa shape index (κ3) is 2.29. The highest BCUT2D eigenvalue weighted by Crippen LogP contribution is 2.38. The molecule has 1 aliphatic rings. The molecule has 0 amide bonds. The zero-order valence-corrected chi connectivity index (χ0v) is 10.1. The van der Waals surface area contributed by atoms with Crippen LogP contribution in [0.15, 0.2) is 0 Å². The van der Waals surface area contributed by atoms with Gasteiger partial charge in [-0.15, -0.1) is 0 Å². The Hall–Kier alpha value is -0.0800. The Morgan fingerprint density at radius 3 is 2.14 bits per heavy atom. The Morgan fingerprint density at radius 2 is 1.79 bits per heavy atom. The standard InChI is InChI=1S/C12H26N2/c1-4-7-11(8-13)14-9-12(5-2,6-3)10-14/h11H,4-10,13H2,1-3H3. The van der Waals surface area contributed by atoms with Crippen LogP contribution in [0, 0.1) is 5.41 Å². The van der Waals surface area contributed by atoms with Crippen LogP contribution < -0.4 is 5.73 Å². The van der Waals surface area contributed by atoms with Crippen molar-refractivity contribution in [1.82, 2.24) is 4.90 Å². The van der Waals surface area contributed by atoms with E-state index in [4.69, 9.17) is 5.73 Å². The summed E-state index contributed by atoms with van der Waals surface area (Å²) in [6.45, 7) is 10.3. The van der Waals surface area contributed by atoms with Gasteiger partial charge in [-0.2, -0.15) is 0 Å². The number of hydrogen-bond acceptors (Lipinski definition) is 2. The second-order valence-corrected chi connectivity index (χ2v) is 4.79. The topological polar surface area (TPSA) is 29.3 Å². The summed E-state index contributed by atoms with van der Waals surface area (Å²) >= 11 is 0. The predicted octanol–water partition coefficient (Wildman–Crippen LogP) is 2.24. The molecule has 0 aliphatic carbocycles. The molecule has 1 saturated heterocycles. The minimum atomic E-state index is 0.626. The first kappa shape index (κ1) is 12.0. The molecule has 0 radical (unpaired) electrons. The molecule has 1 fully saturated rings. The van der Waals surface area contributed by atoms with Gasteiger partial charge in [-0.1, -0.05) is 27.2 Å². The van der Waals surface area contributed by atoms with E-state index in [9.17, 15) is 0 Å². The average molecular weight is 198 g/mol. The summed E-state index contributed by atoms with van der Waals surface area (Å²) in [5, 5.41) is 0. The second-order valence-electron chi connectivity index (χ2n) is 4.79. The molecule has 1 heterocycles. The average Bonchev–Trinajstić information content (AvgIpc) is 2.16. The fourth-order valence-electron chi connectivity index (χ4n) is 2.55. The van der Waals surface area contributed by atoms with Gasteiger partial charge in [0.2, 0.25) is 0 Å². The van der Waals surface area contributed by atoms with Crippen LogP contribution >= 0.6 is 0 Å². The number of nitrogens with two attached hydrogens (primary N) is 1. The quantitative estimate of drug-likeness (QED) is 0.709. The van der Waals surface area contributed by atoms with Gasteiger partial charge in [-0.25, -0.2) is 0 Å². The van der Waals surface area contributed by atoms with Crippen LogP contribution in [0.2, 0.25) is 0 Å². The van der Waals surface area contributed by atoms with Crippen LogP contribution in [0.1, 0.15) is 46.5 Å². The lowest BCUT2D eigenvalue weighted by molar-refractivity contribution is -0.0367. The van der Waals surface area contributed by atoms with Crippen molar-refractivity contribution >= 4 is 0 Å². The van der Waals surface area contributed by atoms with E-state index in [1.165, 1.54) is 38.8 Å². The maximum Gasteiger partial charge on any atom is 0.0218 e. The molecular weight excluding hydrogens is 172 g/mol. The van der Waals surface area contributed by atoms with E-state index in [1.54, 1.807) is 0 Å². The first-order valence-corrected chi connectivity index (χ1v) is 6.15. The molecule has 0 aromatic heterocycles. The van der Waals surface area contributed by atoms with Crippen LogP contribution in [0.25, 0.3) is 0 Å². The number of nitrogens with zero attached hydrogens (tertiary/aromatic N) is 1. The van der Waals surface area contributed by atoms with Gasteiger partial charge in [-0.3, -0.25) is 4.90 Å². The summed E-state index contributed by atoms with van der Waals surface area (Å²) in [6.07, 6.45) is 5.16. The highest BCUT2D eigenvalue weighted by Gasteiger charge is 2.41. The lowest BCUT2D eigenvalue weighted by Gasteiger charge is -2.53. The van der Waals surface area contributed by atoms with Crippen LogP contribution in [0.4, 0.5) is 0 Å². The van der Waals surface area contributed by atoms with Gasteiger partial charge < -0.3 is 5.73 Å². The van der Waals surface area contributed by atoms with Gasteiger partial charge in [0.05, 0.1) is 0 Å². The molecular formula is C12H26N2. The number of likely N-dealkylation sites (tertiary alicyclic amines) is 1. The molecule has 1 atom stereocenters. The summed E-state index contributed by atoms with van der Waals surface area (Å²) < 4.78 is 0. The minimum absolute atomic E-state index is 0.626. The van der Waals surface area contributed by atoms with E-state index in [0.29, 0.717) is 11.5 Å². The van der Waals surface area contributed by atoms with Crippen molar-refractivity contribution in [3.05, 3.63) is 0 Å². The first-order chi connectivity index (χ1) is 6.71. The molecule has 0 bridgehead atoms. The molecule has 2 N–H and O–H groups in total. The maximum absolute atomic E-state index is 5.80. The van der Waals surface area contributed by atoms with Crippen LogP contribution in [0.5, 0.6) is 0 Å². The van der Waals surface area contributed by atoms with Crippen molar-refractivity contribution in [2.24, 2.45) is 11.1 Å². The molecule has 0 saturated carbocycles. The van der Waals surface area contributed by atoms with Crippen molar-refractivity contribution in [3.8, 4) is 0 Å². The van der Waals surface area contributed by atoms with E-state index < -0.39 is 0 Å². The summed E-state index contributed by atoms with van der Waals surface area (Å²) in [7, 11) is 0. The Bertz CT molecular complexity index is 156. The smallest absolute Gasteiger partial charge is 0.0218 e. The van der Waals surface area contributed by atoms with Crippen LogP contribution in [-0.2, 0) is 0 Å². The van der Waals surface area contributed by atoms with E-state index in [2.05, 4.69) is 25.7 Å². The molecule has 1 aliphatic heterocycles. The summed E-state index contributed by atoms with van der Waals surface area (Å²) in [5.74, 6) is 0. The first-order valence-electron chi connectivity index (χ1n) is 6.15. The third-order valence-corrected chi connectivity index (χ3v) is 3.99.